The third-order valence-electron chi connectivity index (χ3n) is 11.4. The molecule has 1 heterocycles. The summed E-state index contributed by atoms with van der Waals surface area (Å²) in [6.07, 6.45) is 0.148. The van der Waals surface area contributed by atoms with Crippen LogP contribution in [-0.2, 0) is 51.5 Å². The standard InChI is InChI=1S/C49H72N6O12S/c1-30(56)26-39(45(60)61)52-41(58)24-23-40(57)37(21-15-14-20-35(50)29-68(64,65)43-32(3)31(2)42-36(33(43)4)27-49(8,9)66-42)53-44(59)38(22-16-17-25-51-47(63)67-48(5,6)7)54-46(62)55(10)28-34-18-12-11-13-19-34/h11-13,18-19,37-39,50H,14-17,20-29H2,1-10H3,(H,51,63)(H,52,58)(H,53,59)(H,54,62)(H,60,61)/t37-,38-,39-/m0/s1. The molecule has 3 rings (SSSR count). The number of benzene rings is 2. The van der Waals surface area contributed by atoms with Crippen molar-refractivity contribution >= 4 is 57.0 Å². The van der Waals surface area contributed by atoms with Crippen LogP contribution in [0.3, 0.4) is 0 Å². The van der Waals surface area contributed by atoms with Gasteiger partial charge in [0.05, 0.1) is 16.7 Å². The van der Waals surface area contributed by atoms with Gasteiger partial charge in [-0.25, -0.2) is 22.8 Å². The summed E-state index contributed by atoms with van der Waals surface area (Å²) < 4.78 is 39.2. The predicted octanol–water partition coefficient (Wildman–Crippen LogP) is 5.97. The third kappa shape index (κ3) is 18.0. The number of carbonyl (C=O) groups is 7. The van der Waals surface area contributed by atoms with E-state index in [1.54, 1.807) is 41.7 Å². The molecule has 68 heavy (non-hydrogen) atoms. The molecule has 19 heteroatoms. The Bertz CT molecular complexity index is 2290. The Balaban J connectivity index is 1.78. The van der Waals surface area contributed by atoms with Crippen LogP contribution in [0, 0.1) is 26.2 Å². The van der Waals surface area contributed by atoms with Crippen LogP contribution in [0.1, 0.15) is 134 Å². The number of aliphatic carboxylic acids is 1. The highest BCUT2D eigenvalue weighted by Gasteiger charge is 2.37. The molecule has 18 nitrogen and oxygen atoms in total. The van der Waals surface area contributed by atoms with Gasteiger partial charge in [0.2, 0.25) is 11.8 Å². The lowest BCUT2D eigenvalue weighted by Crippen LogP contribution is -2.53. The summed E-state index contributed by atoms with van der Waals surface area (Å²) in [5, 5.41) is 28.6. The average Bonchev–Trinajstić information content (AvgIpc) is 3.56. The van der Waals surface area contributed by atoms with E-state index in [1.165, 1.54) is 11.8 Å². The molecule has 6 N–H and O–H groups in total. The highest BCUT2D eigenvalue weighted by atomic mass is 32.2. The lowest BCUT2D eigenvalue weighted by Gasteiger charge is -2.26. The number of sulfone groups is 1. The van der Waals surface area contributed by atoms with Crippen LogP contribution in [0.4, 0.5) is 9.59 Å². The summed E-state index contributed by atoms with van der Waals surface area (Å²) in [6.45, 7) is 16.1. The van der Waals surface area contributed by atoms with Gasteiger partial charge in [-0.05, 0) is 123 Å². The normalized spacial score (nSPS) is 14.3. The van der Waals surface area contributed by atoms with Gasteiger partial charge in [0.1, 0.15) is 34.8 Å². The first kappa shape index (κ1) is 56.5. The molecule has 5 amide bonds. The summed E-state index contributed by atoms with van der Waals surface area (Å²) in [5.41, 5.74) is 2.39. The van der Waals surface area contributed by atoms with Gasteiger partial charge < -0.3 is 46.2 Å². The quantitative estimate of drug-likeness (QED) is 0.0471. The number of alkyl carbamates (subject to hydrolysis) is 1. The molecule has 0 radical (unpaired) electrons. The summed E-state index contributed by atoms with van der Waals surface area (Å²) >= 11 is 0. The topological polar surface area (TPSA) is 268 Å². The van der Waals surface area contributed by atoms with E-state index in [-0.39, 0.29) is 55.8 Å². The Morgan fingerprint density at radius 1 is 0.853 bits per heavy atom. The number of hydrogen-bond acceptors (Lipinski definition) is 12. The van der Waals surface area contributed by atoms with Crippen LogP contribution in [0.2, 0.25) is 0 Å². The minimum Gasteiger partial charge on any atom is -0.487 e. The van der Waals surface area contributed by atoms with E-state index in [1.807, 2.05) is 51.1 Å². The number of nitrogens with zero attached hydrogens (tertiary/aromatic N) is 1. The van der Waals surface area contributed by atoms with Crippen LogP contribution < -0.4 is 26.0 Å². The van der Waals surface area contributed by atoms with Crippen molar-refractivity contribution < 1.29 is 56.6 Å². The van der Waals surface area contributed by atoms with Crippen molar-refractivity contribution in [1.29, 1.82) is 5.41 Å². The first-order chi connectivity index (χ1) is 31.6. The van der Waals surface area contributed by atoms with Crippen molar-refractivity contribution in [3.63, 3.8) is 0 Å². The number of urea groups is 1. The first-order valence-corrected chi connectivity index (χ1v) is 24.7. The van der Waals surface area contributed by atoms with Gasteiger partial charge in [-0.2, -0.15) is 0 Å². The number of carbonyl (C=O) groups excluding carboxylic acids is 6. The fourth-order valence-corrected chi connectivity index (χ4v) is 9.91. The maximum Gasteiger partial charge on any atom is 0.407 e. The van der Waals surface area contributed by atoms with E-state index < -0.39 is 106 Å². The van der Waals surface area contributed by atoms with Crippen LogP contribution in [0.15, 0.2) is 35.2 Å². The highest BCUT2D eigenvalue weighted by molar-refractivity contribution is 7.92. The second kappa shape index (κ2) is 25.0. The molecule has 0 fully saturated rings. The van der Waals surface area contributed by atoms with Crippen LogP contribution >= 0.6 is 0 Å². The lowest BCUT2D eigenvalue weighted by molar-refractivity contribution is -0.143. The Labute approximate surface area is 400 Å². The van der Waals surface area contributed by atoms with E-state index in [0.29, 0.717) is 36.1 Å². The number of ketones is 2. The number of rotatable bonds is 26. The van der Waals surface area contributed by atoms with Crippen molar-refractivity contribution in [2.24, 2.45) is 0 Å². The number of fused-ring (bicyclic) bond motifs is 1. The van der Waals surface area contributed by atoms with Gasteiger partial charge in [0, 0.05) is 57.1 Å². The molecule has 0 saturated heterocycles. The molecule has 2 aromatic rings. The monoisotopic (exact) mass is 968 g/mol. The molecule has 2 aromatic carbocycles. The zero-order valence-corrected chi connectivity index (χ0v) is 42.1. The van der Waals surface area contributed by atoms with Gasteiger partial charge in [0.15, 0.2) is 15.6 Å². The summed E-state index contributed by atoms with van der Waals surface area (Å²) in [6, 6.07) is 4.81. The number of ether oxygens (including phenoxy) is 2. The molecule has 1 aliphatic rings. The minimum atomic E-state index is -3.94. The molecule has 376 valence electrons. The van der Waals surface area contributed by atoms with E-state index in [9.17, 15) is 47.1 Å². The molecule has 0 spiro atoms. The fraction of sp³-hybridized carbons (Fsp3) is 0.592. The maximum atomic E-state index is 14.1. The SMILES string of the molecule is CC(=O)C[C@H](NC(=O)CCC(=O)[C@H](CCCCC(=N)CS(=O)(=O)c1c(C)c(C)c2c(c1C)CC(C)(C)O2)NC(=O)[C@H](CCCCNC(=O)OC(C)(C)C)NC(=O)N(C)Cc1ccccc1)C(=O)O. The number of carboxylic acid groups (broad SMARTS) is 1. The summed E-state index contributed by atoms with van der Waals surface area (Å²) in [7, 11) is -2.37. The number of hydrogen-bond donors (Lipinski definition) is 6. The maximum absolute atomic E-state index is 14.1. The summed E-state index contributed by atoms with van der Waals surface area (Å²) in [4.78, 5) is 91.3. The minimum absolute atomic E-state index is 0.0285. The predicted molar refractivity (Wildman–Crippen MR) is 257 cm³/mol. The second-order valence-electron chi connectivity index (χ2n) is 19.3. The smallest absolute Gasteiger partial charge is 0.407 e. The average molecular weight is 969 g/mol. The number of unbranched alkanes of at least 4 members (excludes halogenated alkanes) is 2. The molecule has 1 aliphatic heterocycles. The third-order valence-corrected chi connectivity index (χ3v) is 13.4. The van der Waals surface area contributed by atoms with Gasteiger partial charge >= 0.3 is 18.1 Å². The zero-order valence-electron chi connectivity index (χ0n) is 41.3. The number of Topliss-reactive ketones (excluding diaryl/α,β-unsaturated/α-hetero) is 2. The Hall–Kier alpha value is -5.85. The van der Waals surface area contributed by atoms with Crippen LogP contribution in [0.25, 0.3) is 0 Å². The van der Waals surface area contributed by atoms with Crippen molar-refractivity contribution in [2.45, 2.75) is 174 Å². The fourth-order valence-electron chi connectivity index (χ4n) is 7.96. The Kier molecular flexibility index (Phi) is 20.7. The number of carboxylic acids is 1. The Morgan fingerprint density at radius 3 is 2.10 bits per heavy atom. The van der Waals surface area contributed by atoms with Gasteiger partial charge in [-0.1, -0.05) is 36.8 Å². The van der Waals surface area contributed by atoms with Crippen molar-refractivity contribution in [3.8, 4) is 5.75 Å². The van der Waals surface area contributed by atoms with E-state index >= 15 is 0 Å². The second-order valence-corrected chi connectivity index (χ2v) is 21.2. The largest absolute Gasteiger partial charge is 0.487 e. The number of amides is 5. The molecule has 0 aromatic heterocycles. The molecule has 3 atom stereocenters. The zero-order chi connectivity index (χ0) is 51.1. The van der Waals surface area contributed by atoms with Crippen LogP contribution in [0.5, 0.6) is 5.75 Å². The number of nitrogens with one attached hydrogen (secondary N) is 5. The van der Waals surface area contributed by atoms with Crippen molar-refractivity contribution in [1.82, 2.24) is 26.2 Å². The van der Waals surface area contributed by atoms with E-state index in [0.717, 1.165) is 16.7 Å². The van der Waals surface area contributed by atoms with Gasteiger partial charge in [-0.15, -0.1) is 0 Å². The van der Waals surface area contributed by atoms with Crippen LogP contribution in [-0.4, -0.2) is 114 Å². The van der Waals surface area contributed by atoms with Gasteiger partial charge in [0.25, 0.3) is 0 Å². The van der Waals surface area contributed by atoms with Crippen molar-refractivity contribution in [3.05, 3.63) is 58.1 Å². The lowest BCUT2D eigenvalue weighted by atomic mass is 9.94. The summed E-state index contributed by atoms with van der Waals surface area (Å²) in [5.74, 6) is -3.74. The molecular formula is C49H72N6O12S. The highest BCUT2D eigenvalue weighted by Crippen LogP contribution is 2.44. The first-order valence-electron chi connectivity index (χ1n) is 23.1. The van der Waals surface area contributed by atoms with Gasteiger partial charge in [-0.3, -0.25) is 19.2 Å². The Morgan fingerprint density at radius 2 is 1.49 bits per heavy atom. The molecule has 0 bridgehead atoms. The molecule has 0 unspecified atom stereocenters. The molecule has 0 aliphatic carbocycles. The van der Waals surface area contributed by atoms with Crippen molar-refractivity contribution in [2.75, 3.05) is 19.3 Å². The molecule has 0 saturated carbocycles. The van der Waals surface area contributed by atoms with E-state index in [4.69, 9.17) is 14.9 Å². The molecular weight excluding hydrogens is 897 g/mol. The van der Waals surface area contributed by atoms with E-state index in [2.05, 4.69) is 21.3 Å².